The van der Waals surface area contributed by atoms with Crippen LogP contribution in [0.25, 0.3) is 11.0 Å². The second-order valence-electron chi connectivity index (χ2n) is 6.34. The molecule has 0 saturated heterocycles. The molecule has 0 aliphatic rings. The molecule has 0 saturated carbocycles. The number of anilines is 1. The number of carboxylic acids is 2. The Morgan fingerprint density at radius 1 is 1.18 bits per heavy atom. The molecule has 162 valence electrons. The van der Waals surface area contributed by atoms with Gasteiger partial charge >= 0.3 is 59.1 Å². The fourth-order valence-electron chi connectivity index (χ4n) is 2.85. The Hall–Kier alpha value is -2.15. The second-order valence-corrected chi connectivity index (χ2v) is 6.34. The Bertz CT molecular complexity index is 1420. The number of H-pyrrole nitrogens is 2. The van der Waals surface area contributed by atoms with Crippen LogP contribution in [-0.2, 0) is 22.4 Å². The first kappa shape index (κ1) is 21.4. The van der Waals surface area contributed by atoms with Crippen molar-refractivity contribution in [3.05, 3.63) is 57.5 Å². The van der Waals surface area contributed by atoms with Gasteiger partial charge in [0.05, 0.1) is 18.7 Å². The molecule has 0 unspecified atom stereocenters. The molecule has 1 aromatic carbocycles. The van der Waals surface area contributed by atoms with E-state index in [-0.39, 0.29) is 70.6 Å². The number of nitrogens with two attached hydrogens (primary N) is 1. The minimum Gasteiger partial charge on any atom is -0.550 e. The van der Waals surface area contributed by atoms with Crippen molar-refractivity contribution in [3.8, 4) is 0 Å². The Labute approximate surface area is 239 Å². The van der Waals surface area contributed by atoms with Crippen LogP contribution >= 0.6 is 0 Å². The SMILES string of the molecule is [2H]C([2H])(C(=O)[O-])C([2H])([2H])[C@]([2H])(NC(=O)c1ccc(CCc2c[nH]c3nc(N)[nH]c(=O)c23)cc1)C(=O)[O-].[Na+].[Na+]. The van der Waals surface area contributed by atoms with E-state index in [1.54, 1.807) is 6.20 Å². The van der Waals surface area contributed by atoms with Crippen LogP contribution < -0.4 is 85.9 Å². The fraction of sp³-hybridized carbons (Fsp3) is 0.250. The third-order valence-electron chi connectivity index (χ3n) is 4.27. The first-order valence-corrected chi connectivity index (χ1v) is 8.82. The predicted octanol–water partition coefficient (Wildman–Crippen LogP) is -8.00. The van der Waals surface area contributed by atoms with Crippen LogP contribution in [0.5, 0.6) is 0 Å². The van der Waals surface area contributed by atoms with Gasteiger partial charge in [-0.15, -0.1) is 0 Å². The largest absolute Gasteiger partial charge is 1.00 e. The van der Waals surface area contributed by atoms with Gasteiger partial charge in [0.25, 0.3) is 11.5 Å². The van der Waals surface area contributed by atoms with Crippen molar-refractivity contribution in [2.24, 2.45) is 0 Å². The molecule has 2 aromatic heterocycles. The van der Waals surface area contributed by atoms with Gasteiger partial charge in [0.15, 0.2) is 0 Å². The number of nitrogens with zero attached hydrogens (tertiary/aromatic N) is 1. The van der Waals surface area contributed by atoms with Crippen molar-refractivity contribution < 1.29 is 90.6 Å². The van der Waals surface area contributed by atoms with E-state index >= 15 is 0 Å². The number of nitrogens with one attached hydrogen (secondary N) is 3. The number of hydrogen-bond acceptors (Lipinski definition) is 8. The summed E-state index contributed by atoms with van der Waals surface area (Å²) < 4.78 is 37.8. The molecule has 11 nitrogen and oxygen atoms in total. The minimum absolute atomic E-state index is 0. The van der Waals surface area contributed by atoms with Crippen molar-refractivity contribution >= 4 is 34.8 Å². The average molecular weight is 476 g/mol. The van der Waals surface area contributed by atoms with Gasteiger partial charge in [0, 0.05) is 23.2 Å². The van der Waals surface area contributed by atoms with Crippen LogP contribution in [-0.4, -0.2) is 38.8 Å². The van der Waals surface area contributed by atoms with Crippen LogP contribution in [0.4, 0.5) is 5.95 Å². The number of rotatable bonds is 9. The molecule has 0 aliphatic heterocycles. The molecule has 13 heteroatoms. The zero-order valence-corrected chi connectivity index (χ0v) is 21.8. The first-order valence-electron chi connectivity index (χ1n) is 11.3. The maximum atomic E-state index is 12.5. The van der Waals surface area contributed by atoms with Crippen LogP contribution in [0.15, 0.2) is 35.3 Å². The van der Waals surface area contributed by atoms with Gasteiger partial charge in [0.1, 0.15) is 5.65 Å². The number of nitrogen functional groups attached to an aromatic ring is 1. The Kier molecular flexibility index (Phi) is 8.37. The van der Waals surface area contributed by atoms with E-state index in [2.05, 4.69) is 15.0 Å². The Morgan fingerprint density at radius 2 is 1.85 bits per heavy atom. The normalized spacial score (nSPS) is 15.2. The third kappa shape index (κ3) is 7.70. The Balaban J connectivity index is 0.00000361. The molecule has 1 amide bonds. The second kappa shape index (κ2) is 12.9. The number of aromatic nitrogens is 3. The summed E-state index contributed by atoms with van der Waals surface area (Å²) in [6.45, 7) is 0. The summed E-state index contributed by atoms with van der Waals surface area (Å²) >= 11 is 0. The maximum absolute atomic E-state index is 12.5. The standard InChI is InChI=1S/C20H21N5O6.2Na/c21-20-24-16-15(18(29)25-20)12(9-22-16)6-3-10-1-4-11(5-2-10)17(28)23-13(19(30)31)7-8-14(26)27;;/h1-2,4-5,9,13H,3,6-8H2,(H,23,28)(H,26,27)(H,30,31)(H4,21,22,24,25,29);;/q;2*+1/p-2/t13-;;/m0../s1/i7D2,8D2,13D;;. The monoisotopic (exact) mass is 476 g/mol. The molecule has 0 aliphatic carbocycles. The van der Waals surface area contributed by atoms with Crippen molar-refractivity contribution in [1.29, 1.82) is 0 Å². The first-order chi connectivity index (χ1) is 16.6. The fourth-order valence-corrected chi connectivity index (χ4v) is 2.85. The summed E-state index contributed by atoms with van der Waals surface area (Å²) in [4.78, 5) is 56.5. The average Bonchev–Trinajstić information content (AvgIpc) is 3.20. The summed E-state index contributed by atoms with van der Waals surface area (Å²) in [6, 6.07) is 1.65. The van der Waals surface area contributed by atoms with E-state index < -0.39 is 42.2 Å². The van der Waals surface area contributed by atoms with Gasteiger partial charge in [-0.25, -0.2) is 0 Å². The number of aromatic amines is 2. The number of amides is 1. The molecule has 0 bridgehead atoms. The van der Waals surface area contributed by atoms with E-state index in [9.17, 15) is 29.4 Å². The van der Waals surface area contributed by atoms with E-state index in [1.807, 2.05) is 0 Å². The smallest absolute Gasteiger partial charge is 0.550 e. The van der Waals surface area contributed by atoms with Crippen molar-refractivity contribution in [2.75, 3.05) is 5.73 Å². The van der Waals surface area contributed by atoms with E-state index in [0.717, 1.165) is 0 Å². The van der Waals surface area contributed by atoms with Gasteiger partial charge in [-0.3, -0.25) is 14.6 Å². The Morgan fingerprint density at radius 3 is 2.45 bits per heavy atom. The maximum Gasteiger partial charge on any atom is 1.00 e. The van der Waals surface area contributed by atoms with Gasteiger partial charge in [0.2, 0.25) is 5.95 Å². The number of fused-ring (bicyclic) bond motifs is 1. The van der Waals surface area contributed by atoms with Gasteiger partial charge in [-0.1, -0.05) is 12.1 Å². The molecule has 1 atom stereocenters. The number of hydrogen-bond donors (Lipinski definition) is 4. The minimum atomic E-state index is -3.98. The van der Waals surface area contributed by atoms with Gasteiger partial charge < -0.3 is 35.8 Å². The molecule has 0 fully saturated rings. The van der Waals surface area contributed by atoms with Crippen LogP contribution in [0.2, 0.25) is 0 Å². The molecule has 5 N–H and O–H groups in total. The van der Waals surface area contributed by atoms with E-state index in [0.29, 0.717) is 35.0 Å². The summed E-state index contributed by atoms with van der Waals surface area (Å²) in [5.74, 6) is -6.49. The van der Waals surface area contributed by atoms with Crippen molar-refractivity contribution in [1.82, 2.24) is 20.3 Å². The van der Waals surface area contributed by atoms with E-state index in [4.69, 9.17) is 12.6 Å². The summed E-state index contributed by atoms with van der Waals surface area (Å²) in [5.41, 5.74) is 6.58. The van der Waals surface area contributed by atoms with Gasteiger partial charge in [-0.05, 0) is 48.8 Å². The van der Waals surface area contributed by atoms with Crippen LogP contribution in [0, 0.1) is 0 Å². The number of carbonyl (C=O) groups is 3. The number of carboxylic acid groups (broad SMARTS) is 2. The van der Waals surface area contributed by atoms with Gasteiger partial charge in [-0.2, -0.15) is 4.98 Å². The number of aliphatic carboxylic acids is 2. The quantitative estimate of drug-likeness (QED) is 0.218. The van der Waals surface area contributed by atoms with Crippen LogP contribution in [0.1, 0.15) is 41.1 Å². The molecular formula is C20H19N5Na2O6. The number of carbonyl (C=O) groups excluding carboxylic acids is 3. The zero-order chi connectivity index (χ0) is 27.1. The number of aryl methyl sites for hydroxylation is 2. The molecule has 3 aromatic rings. The summed E-state index contributed by atoms with van der Waals surface area (Å²) in [6.07, 6.45) is -5.52. The van der Waals surface area contributed by atoms with Crippen molar-refractivity contribution in [3.63, 3.8) is 0 Å². The molecule has 2 heterocycles. The molecular weight excluding hydrogens is 452 g/mol. The molecule has 0 spiro atoms. The van der Waals surface area contributed by atoms with Crippen LogP contribution in [0.3, 0.4) is 0 Å². The number of benzene rings is 1. The predicted molar refractivity (Wildman–Crippen MR) is 105 cm³/mol. The summed E-state index contributed by atoms with van der Waals surface area (Å²) in [5, 5.41) is 24.4. The third-order valence-corrected chi connectivity index (χ3v) is 4.27. The molecule has 33 heavy (non-hydrogen) atoms. The zero-order valence-electron chi connectivity index (χ0n) is 22.8. The molecule has 3 rings (SSSR count). The summed E-state index contributed by atoms with van der Waals surface area (Å²) in [7, 11) is 0. The van der Waals surface area contributed by atoms with Crippen molar-refractivity contribution in [2.45, 2.75) is 31.6 Å². The van der Waals surface area contributed by atoms with E-state index in [1.165, 1.54) is 29.6 Å². The molecule has 0 radical (unpaired) electrons. The topological polar surface area (TPSA) is 197 Å².